The number of aliphatic hydroxyl groups excluding tert-OH is 1. The number of aliphatic hydroxyl groups is 1. The van der Waals surface area contributed by atoms with Crippen LogP contribution in [0.5, 0.6) is 0 Å². The first-order valence-corrected chi connectivity index (χ1v) is 9.52. The molecule has 0 aromatic heterocycles. The second-order valence-corrected chi connectivity index (χ2v) is 7.78. The zero-order valence-electron chi connectivity index (χ0n) is 15.2. The van der Waals surface area contributed by atoms with Crippen molar-refractivity contribution in [1.82, 2.24) is 4.90 Å². The number of nitrogens with zero attached hydrogens (tertiary/aromatic N) is 1. The average Bonchev–Trinajstić information content (AvgIpc) is 2.97. The van der Waals surface area contributed by atoms with E-state index in [0.29, 0.717) is 11.3 Å². The third-order valence-electron chi connectivity index (χ3n) is 4.42. The molecule has 1 aliphatic heterocycles. The molecule has 0 radical (unpaired) electrons. The number of carbonyl (C=O) groups is 1. The van der Waals surface area contributed by atoms with E-state index in [2.05, 4.69) is 15.6 Å². The molecule has 1 fully saturated rings. The third kappa shape index (κ3) is 4.91. The van der Waals surface area contributed by atoms with Crippen molar-refractivity contribution in [2.45, 2.75) is 52.6 Å². The van der Waals surface area contributed by atoms with E-state index in [4.69, 9.17) is 9.47 Å². The van der Waals surface area contributed by atoms with Crippen molar-refractivity contribution in [2.75, 3.05) is 6.61 Å². The normalized spacial score (nSPS) is 20.0. The second-order valence-electron chi connectivity index (χ2n) is 7.05. The van der Waals surface area contributed by atoms with Crippen molar-refractivity contribution in [1.29, 1.82) is 0 Å². The van der Waals surface area contributed by atoms with Crippen molar-refractivity contribution >= 4 is 26.2 Å². The minimum absolute atomic E-state index is 0.0639. The van der Waals surface area contributed by atoms with Crippen LogP contribution in [0.25, 0.3) is 0 Å². The molecule has 1 saturated heterocycles. The molecule has 6 heteroatoms. The molecule has 138 valence electrons. The summed E-state index contributed by atoms with van der Waals surface area (Å²) < 4.78 is 11.9. The Morgan fingerprint density at radius 3 is 2.52 bits per heavy atom. The molecule has 0 bridgehead atoms. The molecular weight excluding hydrogens is 385 g/mol. The number of ether oxygens (including phenoxy) is 2. The van der Waals surface area contributed by atoms with E-state index in [1.165, 1.54) is 0 Å². The van der Waals surface area contributed by atoms with E-state index >= 15 is 0 Å². The standard InChI is InChI=1S/C19H27NO4Se/c1-12(2)15-11-24-19(25)20(15)18(22)17(16(21)13(3)4)23-10-14-8-6-5-7-9-14/h5-9,12-13,15-17,21H,10-11H2,1-4H3/t15-,16+,17-/m1/s1. The van der Waals surface area contributed by atoms with Gasteiger partial charge in [0.05, 0.1) is 0 Å². The van der Waals surface area contributed by atoms with Crippen LogP contribution in [-0.2, 0) is 20.9 Å². The van der Waals surface area contributed by atoms with Crippen LogP contribution in [0.2, 0.25) is 0 Å². The first-order chi connectivity index (χ1) is 11.8. The molecule has 1 heterocycles. The molecule has 0 spiro atoms. The predicted octanol–water partition coefficient (Wildman–Crippen LogP) is 1.73. The summed E-state index contributed by atoms with van der Waals surface area (Å²) in [6, 6.07) is 9.58. The number of benzene rings is 1. The first-order valence-electron chi connectivity index (χ1n) is 8.66. The minimum atomic E-state index is -0.938. The third-order valence-corrected chi connectivity index (χ3v) is 5.08. The monoisotopic (exact) mass is 413 g/mol. The molecule has 3 atom stereocenters. The zero-order valence-corrected chi connectivity index (χ0v) is 16.9. The van der Waals surface area contributed by atoms with E-state index in [0.717, 1.165) is 5.56 Å². The molecule has 2 rings (SSSR count). The number of rotatable bonds is 7. The molecular formula is C19H27NO4Se. The van der Waals surface area contributed by atoms with Gasteiger partial charge in [-0.2, -0.15) is 0 Å². The van der Waals surface area contributed by atoms with Crippen LogP contribution in [0, 0.1) is 11.8 Å². The zero-order chi connectivity index (χ0) is 18.6. The maximum atomic E-state index is 13.2. The van der Waals surface area contributed by atoms with Crippen LogP contribution in [-0.4, -0.2) is 61.1 Å². The predicted molar refractivity (Wildman–Crippen MR) is 98.0 cm³/mol. The van der Waals surface area contributed by atoms with Crippen molar-refractivity contribution in [3.63, 3.8) is 0 Å². The Bertz CT molecular complexity index is 590. The fourth-order valence-electron chi connectivity index (χ4n) is 2.74. The summed E-state index contributed by atoms with van der Waals surface area (Å²) in [4.78, 5) is 14.8. The quantitative estimate of drug-likeness (QED) is 0.693. The van der Waals surface area contributed by atoms with Crippen LogP contribution in [0.15, 0.2) is 30.3 Å². The molecule has 0 unspecified atom stereocenters. The molecule has 5 nitrogen and oxygen atoms in total. The van der Waals surface area contributed by atoms with Crippen LogP contribution in [0.1, 0.15) is 33.3 Å². The summed E-state index contributed by atoms with van der Waals surface area (Å²) in [5.74, 6) is -0.127. The fraction of sp³-hybridized carbons (Fsp3) is 0.579. The summed E-state index contributed by atoms with van der Waals surface area (Å²) in [6.45, 7) is 8.57. The van der Waals surface area contributed by atoms with Gasteiger partial charge in [0.25, 0.3) is 0 Å². The van der Waals surface area contributed by atoms with Gasteiger partial charge in [-0.05, 0) is 0 Å². The number of hydrogen-bond donors (Lipinski definition) is 1. The van der Waals surface area contributed by atoms with Crippen LogP contribution >= 0.6 is 0 Å². The van der Waals surface area contributed by atoms with Gasteiger partial charge in [0.2, 0.25) is 0 Å². The number of hydrogen-bond acceptors (Lipinski definition) is 4. The Hall–Kier alpha value is -1.20. The molecule has 25 heavy (non-hydrogen) atoms. The average molecular weight is 412 g/mol. The van der Waals surface area contributed by atoms with Gasteiger partial charge in [0.1, 0.15) is 0 Å². The molecule has 1 aliphatic rings. The Labute approximate surface area is 157 Å². The van der Waals surface area contributed by atoms with E-state index < -0.39 is 12.2 Å². The molecule has 1 aromatic rings. The molecule has 1 aromatic carbocycles. The molecule has 0 aliphatic carbocycles. The number of amides is 1. The SMILES string of the molecule is CC(C)[C@H]1COC(=[Se])N1C(=O)[C@H](OCc1ccccc1)[C@@H](O)C(C)C. The summed E-state index contributed by atoms with van der Waals surface area (Å²) >= 11 is 2.81. The van der Waals surface area contributed by atoms with E-state index in [9.17, 15) is 9.90 Å². The van der Waals surface area contributed by atoms with Crippen molar-refractivity contribution in [3.8, 4) is 0 Å². The van der Waals surface area contributed by atoms with Gasteiger partial charge in [0.15, 0.2) is 0 Å². The molecule has 1 N–H and O–H groups in total. The van der Waals surface area contributed by atoms with Gasteiger partial charge in [-0.3, -0.25) is 0 Å². The number of carbonyl (C=O) groups excluding carboxylic acids is 1. The van der Waals surface area contributed by atoms with Crippen LogP contribution in [0.4, 0.5) is 0 Å². The topological polar surface area (TPSA) is 59.0 Å². The van der Waals surface area contributed by atoms with E-state index in [1.54, 1.807) is 4.90 Å². The maximum absolute atomic E-state index is 13.2. The first kappa shape index (κ1) is 20.1. The van der Waals surface area contributed by atoms with Gasteiger partial charge >= 0.3 is 157 Å². The van der Waals surface area contributed by atoms with Gasteiger partial charge < -0.3 is 0 Å². The Morgan fingerprint density at radius 2 is 1.96 bits per heavy atom. The Morgan fingerprint density at radius 1 is 1.32 bits per heavy atom. The van der Waals surface area contributed by atoms with Crippen LogP contribution in [0.3, 0.4) is 0 Å². The summed E-state index contributed by atoms with van der Waals surface area (Å²) in [5, 5.41) is 10.6. The van der Waals surface area contributed by atoms with Gasteiger partial charge in [-0.1, -0.05) is 0 Å². The van der Waals surface area contributed by atoms with Crippen molar-refractivity contribution in [3.05, 3.63) is 35.9 Å². The van der Waals surface area contributed by atoms with Gasteiger partial charge in [-0.25, -0.2) is 0 Å². The summed E-state index contributed by atoms with van der Waals surface area (Å²) in [6.07, 6.45) is -1.83. The molecule has 0 saturated carbocycles. The van der Waals surface area contributed by atoms with E-state index in [-0.39, 0.29) is 30.4 Å². The van der Waals surface area contributed by atoms with E-state index in [1.807, 2.05) is 58.0 Å². The molecule has 1 amide bonds. The van der Waals surface area contributed by atoms with Gasteiger partial charge in [0, 0.05) is 0 Å². The Kier molecular flexibility index (Phi) is 7.20. The Balaban J connectivity index is 2.19. The summed E-state index contributed by atoms with van der Waals surface area (Å²) in [7, 11) is 0. The fourth-order valence-corrected chi connectivity index (χ4v) is 3.36. The second kappa shape index (κ2) is 8.95. The van der Waals surface area contributed by atoms with Crippen molar-refractivity contribution < 1.29 is 19.4 Å². The van der Waals surface area contributed by atoms with Crippen LogP contribution < -0.4 is 0 Å². The summed E-state index contributed by atoms with van der Waals surface area (Å²) in [5.41, 5.74) is 0.960. The van der Waals surface area contributed by atoms with Crippen molar-refractivity contribution in [2.24, 2.45) is 11.8 Å². The van der Waals surface area contributed by atoms with Gasteiger partial charge in [-0.15, -0.1) is 0 Å².